The van der Waals surface area contributed by atoms with E-state index in [1.165, 1.54) is 12.1 Å². The van der Waals surface area contributed by atoms with Crippen LogP contribution in [0.15, 0.2) is 42.5 Å². The number of nitrogens with zero attached hydrogens (tertiary/aromatic N) is 2. The molecule has 4 heteroatoms. The molecule has 0 fully saturated rings. The van der Waals surface area contributed by atoms with Crippen molar-refractivity contribution in [2.75, 3.05) is 17.7 Å². The lowest BCUT2D eigenvalue weighted by molar-refractivity contribution is 0.627. The van der Waals surface area contributed by atoms with Gasteiger partial charge in [-0.05, 0) is 35.9 Å². The molecule has 2 aromatic rings. The molecule has 2 rings (SSSR count). The van der Waals surface area contributed by atoms with Gasteiger partial charge < -0.3 is 10.6 Å². The molecule has 0 saturated heterocycles. The first kappa shape index (κ1) is 12.9. The van der Waals surface area contributed by atoms with E-state index in [2.05, 4.69) is 6.07 Å². The van der Waals surface area contributed by atoms with Crippen molar-refractivity contribution in [1.82, 2.24) is 0 Å². The van der Waals surface area contributed by atoms with E-state index in [0.29, 0.717) is 17.8 Å². The summed E-state index contributed by atoms with van der Waals surface area (Å²) in [7, 11) is 1.90. The first-order valence-corrected chi connectivity index (χ1v) is 5.85. The highest BCUT2D eigenvalue weighted by atomic mass is 19.1. The average Bonchev–Trinajstić information content (AvgIpc) is 2.42. The molecule has 2 aromatic carbocycles. The molecule has 3 nitrogen and oxygen atoms in total. The van der Waals surface area contributed by atoms with Crippen LogP contribution in [0.25, 0.3) is 0 Å². The molecule has 0 aliphatic heterocycles. The lowest BCUT2D eigenvalue weighted by Crippen LogP contribution is -2.17. The van der Waals surface area contributed by atoms with Crippen LogP contribution >= 0.6 is 0 Å². The molecule has 0 bridgehead atoms. The Hall–Kier alpha value is -2.54. The Morgan fingerprint density at radius 2 is 2.05 bits per heavy atom. The molecule has 0 unspecified atom stereocenters. The maximum atomic E-state index is 13.0. The van der Waals surface area contributed by atoms with E-state index in [0.717, 1.165) is 11.3 Å². The van der Waals surface area contributed by atoms with E-state index >= 15 is 0 Å². The second-order valence-electron chi connectivity index (χ2n) is 4.36. The van der Waals surface area contributed by atoms with E-state index in [1.807, 2.05) is 24.1 Å². The van der Waals surface area contributed by atoms with Gasteiger partial charge in [0.25, 0.3) is 0 Å². The predicted octanol–water partition coefficient (Wildman–Crippen LogP) is 2.92. The number of hydrogen-bond acceptors (Lipinski definition) is 3. The monoisotopic (exact) mass is 255 g/mol. The Bertz CT molecular complexity index is 632. The van der Waals surface area contributed by atoms with Gasteiger partial charge in [-0.1, -0.05) is 12.1 Å². The standard InChI is InChI=1S/C15H14FN3/c1-19(14-4-2-3-11(7-14)9-17)10-12-5-6-13(16)8-15(12)18/h2-8H,10,18H2,1H3. The van der Waals surface area contributed by atoms with Gasteiger partial charge in [-0.15, -0.1) is 0 Å². The largest absolute Gasteiger partial charge is 0.398 e. The van der Waals surface area contributed by atoms with Crippen molar-refractivity contribution in [1.29, 1.82) is 5.26 Å². The maximum Gasteiger partial charge on any atom is 0.125 e. The van der Waals surface area contributed by atoms with Crippen molar-refractivity contribution in [3.8, 4) is 6.07 Å². The quantitative estimate of drug-likeness (QED) is 0.858. The second kappa shape index (κ2) is 5.40. The van der Waals surface area contributed by atoms with Gasteiger partial charge in [0.15, 0.2) is 0 Å². The molecule has 96 valence electrons. The summed E-state index contributed by atoms with van der Waals surface area (Å²) in [6.45, 7) is 0.557. The fraction of sp³-hybridized carbons (Fsp3) is 0.133. The molecular weight excluding hydrogens is 241 g/mol. The molecule has 0 radical (unpaired) electrons. The lowest BCUT2D eigenvalue weighted by Gasteiger charge is -2.20. The zero-order valence-electron chi connectivity index (χ0n) is 10.6. The van der Waals surface area contributed by atoms with Crippen LogP contribution < -0.4 is 10.6 Å². The number of benzene rings is 2. The number of anilines is 2. The molecular formula is C15H14FN3. The smallest absolute Gasteiger partial charge is 0.125 e. The summed E-state index contributed by atoms with van der Waals surface area (Å²) >= 11 is 0. The van der Waals surface area contributed by atoms with Crippen LogP contribution in [-0.4, -0.2) is 7.05 Å². The van der Waals surface area contributed by atoms with Crippen LogP contribution in [0.2, 0.25) is 0 Å². The van der Waals surface area contributed by atoms with E-state index < -0.39 is 0 Å². The SMILES string of the molecule is CN(Cc1ccc(F)cc1N)c1cccc(C#N)c1. The number of hydrogen-bond donors (Lipinski definition) is 1. The van der Waals surface area contributed by atoms with Gasteiger partial charge in [-0.2, -0.15) is 5.26 Å². The first-order valence-electron chi connectivity index (χ1n) is 5.85. The summed E-state index contributed by atoms with van der Waals surface area (Å²) in [4.78, 5) is 1.96. The normalized spacial score (nSPS) is 9.95. The van der Waals surface area contributed by atoms with E-state index in [-0.39, 0.29) is 5.82 Å². The fourth-order valence-electron chi connectivity index (χ4n) is 1.87. The van der Waals surface area contributed by atoms with Crippen LogP contribution in [0.4, 0.5) is 15.8 Å². The van der Waals surface area contributed by atoms with Gasteiger partial charge in [-0.3, -0.25) is 0 Å². The molecule has 0 atom stereocenters. The van der Waals surface area contributed by atoms with Gasteiger partial charge in [0.1, 0.15) is 5.82 Å². The van der Waals surface area contributed by atoms with Gasteiger partial charge in [-0.25, -0.2) is 4.39 Å². The first-order chi connectivity index (χ1) is 9.10. The van der Waals surface area contributed by atoms with Crippen molar-refractivity contribution < 1.29 is 4.39 Å². The average molecular weight is 255 g/mol. The van der Waals surface area contributed by atoms with Gasteiger partial charge in [0, 0.05) is 25.0 Å². The fourth-order valence-corrected chi connectivity index (χ4v) is 1.87. The zero-order chi connectivity index (χ0) is 13.8. The van der Waals surface area contributed by atoms with Crippen molar-refractivity contribution >= 4 is 11.4 Å². The highest BCUT2D eigenvalue weighted by Crippen LogP contribution is 2.20. The molecule has 19 heavy (non-hydrogen) atoms. The molecule has 0 heterocycles. The van der Waals surface area contributed by atoms with Crippen molar-refractivity contribution in [3.05, 3.63) is 59.4 Å². The van der Waals surface area contributed by atoms with Crippen molar-refractivity contribution in [2.45, 2.75) is 6.54 Å². The van der Waals surface area contributed by atoms with Crippen LogP contribution in [0.5, 0.6) is 0 Å². The minimum absolute atomic E-state index is 0.338. The van der Waals surface area contributed by atoms with Gasteiger partial charge >= 0.3 is 0 Å². The Morgan fingerprint density at radius 3 is 2.74 bits per heavy atom. The molecule has 0 aliphatic carbocycles. The minimum Gasteiger partial charge on any atom is -0.398 e. The Morgan fingerprint density at radius 1 is 1.26 bits per heavy atom. The third kappa shape index (κ3) is 3.02. The van der Waals surface area contributed by atoms with E-state index in [9.17, 15) is 4.39 Å². The summed E-state index contributed by atoms with van der Waals surface area (Å²) in [5.74, 6) is -0.338. The van der Waals surface area contributed by atoms with E-state index in [1.54, 1.807) is 18.2 Å². The number of nitrogens with two attached hydrogens (primary N) is 1. The van der Waals surface area contributed by atoms with Crippen LogP contribution in [-0.2, 0) is 6.54 Å². The summed E-state index contributed by atoms with van der Waals surface area (Å²) in [6.07, 6.45) is 0. The van der Waals surface area contributed by atoms with Crippen molar-refractivity contribution in [3.63, 3.8) is 0 Å². The van der Waals surface area contributed by atoms with Gasteiger partial charge in [0.2, 0.25) is 0 Å². The Balaban J connectivity index is 2.20. The third-order valence-electron chi connectivity index (χ3n) is 2.93. The molecule has 2 N–H and O–H groups in total. The molecule has 0 amide bonds. The topological polar surface area (TPSA) is 53.0 Å². The number of nitriles is 1. The van der Waals surface area contributed by atoms with E-state index in [4.69, 9.17) is 11.0 Å². The Kier molecular flexibility index (Phi) is 3.67. The van der Waals surface area contributed by atoms with Crippen LogP contribution in [0, 0.1) is 17.1 Å². The Labute approximate surface area is 111 Å². The van der Waals surface area contributed by atoms with Crippen LogP contribution in [0.1, 0.15) is 11.1 Å². The second-order valence-corrected chi connectivity index (χ2v) is 4.36. The number of nitrogen functional groups attached to an aromatic ring is 1. The molecule has 0 saturated carbocycles. The summed E-state index contributed by atoms with van der Waals surface area (Å²) < 4.78 is 13.0. The number of halogens is 1. The predicted molar refractivity (Wildman–Crippen MR) is 74.1 cm³/mol. The summed E-state index contributed by atoms with van der Waals surface area (Å²) in [6, 6.07) is 13.8. The maximum absolute atomic E-state index is 13.0. The minimum atomic E-state index is -0.338. The lowest BCUT2D eigenvalue weighted by atomic mass is 10.1. The summed E-state index contributed by atoms with van der Waals surface area (Å²) in [5, 5.41) is 8.88. The van der Waals surface area contributed by atoms with Crippen molar-refractivity contribution in [2.24, 2.45) is 0 Å². The molecule has 0 aromatic heterocycles. The third-order valence-corrected chi connectivity index (χ3v) is 2.93. The zero-order valence-corrected chi connectivity index (χ0v) is 10.6. The molecule has 0 aliphatic rings. The van der Waals surface area contributed by atoms with Gasteiger partial charge in [0.05, 0.1) is 11.6 Å². The number of rotatable bonds is 3. The highest BCUT2D eigenvalue weighted by Gasteiger charge is 2.06. The summed E-state index contributed by atoms with van der Waals surface area (Å²) in [5.41, 5.74) is 8.60. The highest BCUT2D eigenvalue weighted by molar-refractivity contribution is 5.54. The van der Waals surface area contributed by atoms with Crippen LogP contribution in [0.3, 0.4) is 0 Å². The molecule has 0 spiro atoms.